The van der Waals surface area contributed by atoms with Crippen LogP contribution in [0.1, 0.15) is 49.9 Å². The lowest BCUT2D eigenvalue weighted by Gasteiger charge is -2.37. The minimum absolute atomic E-state index is 0.0256. The maximum atomic E-state index is 15.0. The van der Waals surface area contributed by atoms with Crippen molar-refractivity contribution in [2.75, 3.05) is 49.3 Å². The number of ether oxygens (including phenoxy) is 3. The first-order valence-electron chi connectivity index (χ1n) is 16.1. The van der Waals surface area contributed by atoms with Crippen molar-refractivity contribution in [1.29, 1.82) is 0 Å². The fraction of sp³-hybridized carbons (Fsp3) is 0.417. The number of hydrogen-bond acceptors (Lipinski definition) is 6. The van der Waals surface area contributed by atoms with Crippen molar-refractivity contribution in [1.82, 2.24) is 4.90 Å². The molecule has 0 bridgehead atoms. The molecule has 0 N–H and O–H groups in total. The second kappa shape index (κ2) is 17.1. The number of carbonyl (C=O) groups excluding carboxylic acids is 3. The zero-order chi connectivity index (χ0) is 34.7. The van der Waals surface area contributed by atoms with Crippen LogP contribution in [-0.2, 0) is 36.6 Å². The first-order valence-corrected chi connectivity index (χ1v) is 16.1. The van der Waals surface area contributed by atoms with Gasteiger partial charge >= 0.3 is 24.1 Å². The van der Waals surface area contributed by atoms with Crippen molar-refractivity contribution < 1.29 is 41.8 Å². The van der Waals surface area contributed by atoms with Gasteiger partial charge in [0.25, 0.3) is 0 Å². The summed E-state index contributed by atoms with van der Waals surface area (Å²) in [6.45, 7) is 5.95. The Balaban J connectivity index is 1.81. The molecule has 258 valence electrons. The first-order chi connectivity index (χ1) is 23.1. The number of benzene rings is 3. The van der Waals surface area contributed by atoms with E-state index in [1.165, 1.54) is 4.90 Å². The molecule has 0 fully saturated rings. The zero-order valence-corrected chi connectivity index (χ0v) is 27.4. The lowest BCUT2D eigenvalue weighted by atomic mass is 10.0. The number of nitrogens with zero attached hydrogens (tertiary/aromatic N) is 3. The molecular formula is C36H42F3N3O6. The summed E-state index contributed by atoms with van der Waals surface area (Å²) < 4.78 is 56.7. The van der Waals surface area contributed by atoms with Gasteiger partial charge < -0.3 is 19.1 Å². The third kappa shape index (κ3) is 9.35. The lowest BCUT2D eigenvalue weighted by molar-refractivity contribution is -0.185. The summed E-state index contributed by atoms with van der Waals surface area (Å²) in [6.07, 6.45) is -5.48. The predicted octanol–water partition coefficient (Wildman–Crippen LogP) is 6.70. The fourth-order valence-corrected chi connectivity index (χ4v) is 5.78. The maximum absolute atomic E-state index is 15.0. The molecule has 1 aliphatic rings. The van der Waals surface area contributed by atoms with Gasteiger partial charge in [0.15, 0.2) is 6.29 Å². The molecule has 4 rings (SSSR count). The van der Waals surface area contributed by atoms with Crippen molar-refractivity contribution in [2.24, 2.45) is 0 Å². The van der Waals surface area contributed by atoms with E-state index in [-0.39, 0.29) is 45.5 Å². The highest BCUT2D eigenvalue weighted by Gasteiger charge is 2.42. The molecule has 9 nitrogen and oxygen atoms in total. The number of amides is 3. The third-order valence-corrected chi connectivity index (χ3v) is 8.00. The van der Waals surface area contributed by atoms with Gasteiger partial charge in [-0.1, -0.05) is 54.6 Å². The second-order valence-corrected chi connectivity index (χ2v) is 11.1. The van der Waals surface area contributed by atoms with E-state index in [2.05, 4.69) is 0 Å². The van der Waals surface area contributed by atoms with Crippen LogP contribution in [0, 0.1) is 0 Å². The van der Waals surface area contributed by atoms with Crippen LogP contribution < -0.4 is 9.80 Å². The Morgan fingerprint density at radius 3 is 1.98 bits per heavy atom. The summed E-state index contributed by atoms with van der Waals surface area (Å²) in [5.41, 5.74) is 3.22. The van der Waals surface area contributed by atoms with Crippen LogP contribution in [0.15, 0.2) is 78.9 Å². The van der Waals surface area contributed by atoms with Crippen molar-refractivity contribution in [3.05, 3.63) is 95.6 Å². The normalized spacial score (nSPS) is 13.8. The number of para-hydroxylation sites is 1. The highest BCUT2D eigenvalue weighted by molar-refractivity contribution is 6.04. The number of rotatable bonds is 13. The smallest absolute Gasteiger partial charge is 0.466 e. The molecule has 1 aliphatic heterocycles. The van der Waals surface area contributed by atoms with Crippen LogP contribution in [0.4, 0.5) is 29.3 Å². The van der Waals surface area contributed by atoms with Crippen LogP contribution in [-0.4, -0.2) is 74.7 Å². The first kappa shape index (κ1) is 36.4. The molecule has 3 amide bonds. The number of carbonyl (C=O) groups is 3. The second-order valence-electron chi connectivity index (χ2n) is 11.1. The molecule has 0 radical (unpaired) electrons. The number of anilines is 2. The Morgan fingerprint density at radius 1 is 0.792 bits per heavy atom. The third-order valence-electron chi connectivity index (χ3n) is 8.00. The summed E-state index contributed by atoms with van der Waals surface area (Å²) in [7, 11) is 0. The summed E-state index contributed by atoms with van der Waals surface area (Å²) in [5.74, 6) is -2.34. The van der Waals surface area contributed by atoms with Gasteiger partial charge in [0.2, 0.25) is 0 Å². The van der Waals surface area contributed by atoms with Crippen molar-refractivity contribution in [3.63, 3.8) is 0 Å². The van der Waals surface area contributed by atoms with E-state index in [1.54, 1.807) is 54.3 Å². The van der Waals surface area contributed by atoms with Gasteiger partial charge in [-0.25, -0.2) is 4.79 Å². The quantitative estimate of drug-likeness (QED) is 0.149. The molecule has 3 aromatic carbocycles. The Morgan fingerprint density at radius 2 is 1.40 bits per heavy atom. The highest BCUT2D eigenvalue weighted by atomic mass is 19.4. The average Bonchev–Trinajstić information content (AvgIpc) is 3.29. The van der Waals surface area contributed by atoms with Gasteiger partial charge in [-0.3, -0.25) is 19.4 Å². The number of alkyl halides is 3. The van der Waals surface area contributed by atoms with E-state index >= 15 is 4.79 Å². The fourth-order valence-electron chi connectivity index (χ4n) is 5.78. The number of esters is 1. The Bertz CT molecular complexity index is 1500. The van der Waals surface area contributed by atoms with Gasteiger partial charge in [-0.05, 0) is 74.6 Å². The number of fused-ring (bicyclic) bond motifs is 1. The van der Waals surface area contributed by atoms with Gasteiger partial charge in [-0.15, -0.1) is 0 Å². The van der Waals surface area contributed by atoms with Crippen LogP contribution in [0.2, 0.25) is 0 Å². The number of halogens is 3. The monoisotopic (exact) mass is 669 g/mol. The van der Waals surface area contributed by atoms with Crippen LogP contribution in [0.5, 0.6) is 0 Å². The summed E-state index contributed by atoms with van der Waals surface area (Å²) in [5, 5.41) is 0. The molecule has 0 aromatic heterocycles. The Labute approximate surface area is 279 Å². The Kier molecular flexibility index (Phi) is 13.0. The van der Waals surface area contributed by atoms with Gasteiger partial charge in [0.05, 0.1) is 25.6 Å². The zero-order valence-electron chi connectivity index (χ0n) is 27.4. The van der Waals surface area contributed by atoms with Gasteiger partial charge in [0, 0.05) is 37.7 Å². The SMILES string of the molecule is CCOC(=O)CC(c1ccccc1)N(C(=O)N(CC(OCC)OCC)c1ccc2c(c1)CCN(C(=O)C(F)(F)F)CC2)c1ccccc1. The van der Waals surface area contributed by atoms with E-state index in [0.717, 1.165) is 16.0 Å². The summed E-state index contributed by atoms with van der Waals surface area (Å²) in [6, 6.07) is 22.2. The number of hydrogen-bond donors (Lipinski definition) is 0. The molecule has 1 heterocycles. The molecule has 48 heavy (non-hydrogen) atoms. The maximum Gasteiger partial charge on any atom is 0.471 e. The molecule has 0 aliphatic carbocycles. The molecule has 0 saturated carbocycles. The van der Waals surface area contributed by atoms with Gasteiger partial charge in [0.1, 0.15) is 0 Å². The van der Waals surface area contributed by atoms with Crippen molar-refractivity contribution in [3.8, 4) is 0 Å². The molecule has 1 unspecified atom stereocenters. The minimum atomic E-state index is -4.96. The van der Waals surface area contributed by atoms with E-state index in [0.29, 0.717) is 30.2 Å². The molecular weight excluding hydrogens is 627 g/mol. The summed E-state index contributed by atoms with van der Waals surface area (Å²) in [4.78, 5) is 43.9. The number of urea groups is 1. The minimum Gasteiger partial charge on any atom is -0.466 e. The van der Waals surface area contributed by atoms with E-state index in [4.69, 9.17) is 14.2 Å². The topological polar surface area (TPSA) is 88.6 Å². The van der Waals surface area contributed by atoms with Crippen LogP contribution in [0.25, 0.3) is 0 Å². The molecule has 3 aromatic rings. The molecule has 0 spiro atoms. The Hall–Kier alpha value is -4.42. The van der Waals surface area contributed by atoms with E-state index in [1.807, 2.05) is 50.2 Å². The summed E-state index contributed by atoms with van der Waals surface area (Å²) >= 11 is 0. The van der Waals surface area contributed by atoms with E-state index in [9.17, 15) is 22.8 Å². The predicted molar refractivity (Wildman–Crippen MR) is 176 cm³/mol. The average molecular weight is 670 g/mol. The van der Waals surface area contributed by atoms with Crippen molar-refractivity contribution in [2.45, 2.75) is 58.5 Å². The van der Waals surface area contributed by atoms with Crippen LogP contribution in [0.3, 0.4) is 0 Å². The van der Waals surface area contributed by atoms with Crippen molar-refractivity contribution >= 4 is 29.3 Å². The molecule has 1 atom stereocenters. The molecule has 12 heteroatoms. The van der Waals surface area contributed by atoms with Gasteiger partial charge in [-0.2, -0.15) is 13.2 Å². The lowest BCUT2D eigenvalue weighted by Crippen LogP contribution is -2.49. The van der Waals surface area contributed by atoms with Crippen LogP contribution >= 0.6 is 0 Å². The molecule has 0 saturated heterocycles. The van der Waals surface area contributed by atoms with E-state index < -0.39 is 36.4 Å². The highest BCUT2D eigenvalue weighted by Crippen LogP contribution is 2.34. The standard InChI is InChI=1S/C36H42F3N3O6/c1-4-46-32(43)24-31(27-13-9-7-10-14-27)42(29-15-11-8-12-16-29)35(45)41(25-33(47-5-2)48-6-3)30-18-17-26-19-21-40(22-20-28(26)23-30)34(44)36(37,38)39/h7-18,23,31,33H,4-6,19-22,24-25H2,1-3H3. The largest absolute Gasteiger partial charge is 0.471 e.